The van der Waals surface area contributed by atoms with Crippen LogP contribution in [0.15, 0.2) is 30.3 Å². The summed E-state index contributed by atoms with van der Waals surface area (Å²) < 4.78 is 41.3. The number of rotatable bonds is 3. The Morgan fingerprint density at radius 3 is 2.69 bits per heavy atom. The molecule has 9 heteroatoms. The van der Waals surface area contributed by atoms with Crippen LogP contribution in [0.3, 0.4) is 0 Å². The molecule has 29 heavy (non-hydrogen) atoms. The van der Waals surface area contributed by atoms with Gasteiger partial charge < -0.3 is 15.5 Å². The van der Waals surface area contributed by atoms with Crippen LogP contribution in [-0.2, 0) is 22.6 Å². The summed E-state index contributed by atoms with van der Waals surface area (Å²) in [5.41, 5.74) is 1.65. The lowest BCUT2D eigenvalue weighted by Crippen LogP contribution is -2.33. The van der Waals surface area contributed by atoms with Gasteiger partial charge >= 0.3 is 0 Å². The van der Waals surface area contributed by atoms with Crippen molar-refractivity contribution in [2.24, 2.45) is 5.92 Å². The summed E-state index contributed by atoms with van der Waals surface area (Å²) in [6, 6.07) is 6.39. The van der Waals surface area contributed by atoms with E-state index in [4.69, 9.17) is 0 Å². The smallest absolute Gasteiger partial charge is 0.239 e. The molecule has 154 valence electrons. The van der Waals surface area contributed by atoms with Gasteiger partial charge in [-0.15, -0.1) is 12.4 Å². The van der Waals surface area contributed by atoms with Crippen molar-refractivity contribution < 1.29 is 22.8 Å². The number of hydrogen-bond donors (Lipinski definition) is 2. The summed E-state index contributed by atoms with van der Waals surface area (Å²) in [4.78, 5) is 26.4. The van der Waals surface area contributed by atoms with Crippen molar-refractivity contribution >= 4 is 35.6 Å². The predicted octanol–water partition coefficient (Wildman–Crippen LogP) is 3.16. The third kappa shape index (κ3) is 3.95. The monoisotopic (exact) mass is 425 g/mol. The zero-order chi connectivity index (χ0) is 19.8. The van der Waals surface area contributed by atoms with Crippen LogP contribution >= 0.6 is 12.4 Å². The Kier molecular flexibility index (Phi) is 6.14. The molecule has 2 aromatic rings. The molecule has 1 saturated heterocycles. The average molecular weight is 426 g/mol. The highest BCUT2D eigenvalue weighted by Gasteiger charge is 2.38. The minimum Gasteiger partial charge on any atom is -0.323 e. The van der Waals surface area contributed by atoms with E-state index in [1.165, 1.54) is 17.0 Å². The number of nitrogens with one attached hydrogen (secondary N) is 2. The number of fused-ring (bicyclic) bond motifs is 1. The molecule has 0 saturated carbocycles. The average Bonchev–Trinajstić information content (AvgIpc) is 3.08. The molecular formula is C20H19ClF3N3O2. The minimum atomic E-state index is -1.07. The number of hydrogen-bond acceptors (Lipinski definition) is 3. The molecule has 1 fully saturated rings. The summed E-state index contributed by atoms with van der Waals surface area (Å²) in [6.45, 7) is 1.43. The fourth-order valence-electron chi connectivity index (χ4n) is 3.68. The van der Waals surface area contributed by atoms with E-state index in [0.29, 0.717) is 25.1 Å². The normalized spacial score (nSPS) is 18.2. The van der Waals surface area contributed by atoms with Crippen molar-refractivity contribution in [2.75, 3.05) is 23.3 Å². The zero-order valence-corrected chi connectivity index (χ0v) is 16.1. The summed E-state index contributed by atoms with van der Waals surface area (Å²) in [6.07, 6.45) is 0.733. The van der Waals surface area contributed by atoms with Crippen molar-refractivity contribution in [1.29, 1.82) is 0 Å². The number of anilines is 2. The molecule has 0 aromatic heterocycles. The lowest BCUT2D eigenvalue weighted by molar-refractivity contribution is -0.129. The molecule has 0 aliphatic carbocycles. The number of nitrogens with zero attached hydrogens (tertiary/aromatic N) is 1. The molecule has 2 N–H and O–H groups in total. The van der Waals surface area contributed by atoms with Crippen LogP contribution in [0.4, 0.5) is 24.5 Å². The van der Waals surface area contributed by atoms with E-state index in [2.05, 4.69) is 10.6 Å². The molecule has 2 amide bonds. The molecule has 2 heterocycles. The molecule has 1 atom stereocenters. The van der Waals surface area contributed by atoms with Crippen LogP contribution in [0.5, 0.6) is 0 Å². The summed E-state index contributed by atoms with van der Waals surface area (Å²) in [5.74, 6) is -4.69. The number of carbonyl (C=O) groups is 2. The topological polar surface area (TPSA) is 61.4 Å². The number of amides is 2. The molecule has 1 unspecified atom stereocenters. The maximum atomic E-state index is 14.7. The van der Waals surface area contributed by atoms with E-state index in [9.17, 15) is 22.8 Å². The van der Waals surface area contributed by atoms with Gasteiger partial charge in [0.15, 0.2) is 11.6 Å². The SMILES string of the molecule is Cl.O=C(Nc1ccc2c(c1F)CCNC2)C1CCN(c2ccc(F)c(F)c2)C1=O. The maximum Gasteiger partial charge on any atom is 0.239 e. The van der Waals surface area contributed by atoms with Gasteiger partial charge in [0.05, 0.1) is 5.69 Å². The number of carbonyl (C=O) groups excluding carboxylic acids is 2. The van der Waals surface area contributed by atoms with E-state index in [-0.39, 0.29) is 36.7 Å². The second kappa shape index (κ2) is 8.42. The van der Waals surface area contributed by atoms with Gasteiger partial charge in [-0.1, -0.05) is 6.07 Å². The van der Waals surface area contributed by atoms with E-state index in [1.54, 1.807) is 6.07 Å². The largest absolute Gasteiger partial charge is 0.323 e. The first-order chi connectivity index (χ1) is 13.5. The Hall–Kier alpha value is -2.58. The highest BCUT2D eigenvalue weighted by molar-refractivity contribution is 6.13. The van der Waals surface area contributed by atoms with Gasteiger partial charge in [-0.2, -0.15) is 0 Å². The van der Waals surface area contributed by atoms with Crippen LogP contribution in [0.25, 0.3) is 0 Å². The van der Waals surface area contributed by atoms with Crippen LogP contribution in [-0.4, -0.2) is 24.9 Å². The fraction of sp³-hybridized carbons (Fsp3) is 0.300. The molecule has 2 aliphatic rings. The number of halogens is 4. The third-order valence-corrected chi connectivity index (χ3v) is 5.20. The maximum absolute atomic E-state index is 14.7. The third-order valence-electron chi connectivity index (χ3n) is 5.20. The predicted molar refractivity (Wildman–Crippen MR) is 105 cm³/mol. The lowest BCUT2D eigenvalue weighted by atomic mass is 9.99. The molecule has 0 bridgehead atoms. The standard InChI is InChI=1S/C20H18F3N3O2.ClH/c21-15-3-2-12(9-16(15)22)26-8-6-14(20(26)28)19(27)25-17-4-1-11-10-24-7-5-13(11)18(17)23;/h1-4,9,14,24H,5-8,10H2,(H,25,27);1H. The molecule has 0 spiro atoms. The summed E-state index contributed by atoms with van der Waals surface area (Å²) in [5, 5.41) is 5.66. The van der Waals surface area contributed by atoms with E-state index in [1.807, 2.05) is 0 Å². The van der Waals surface area contributed by atoms with Crippen LogP contribution in [0.2, 0.25) is 0 Å². The van der Waals surface area contributed by atoms with Gasteiger partial charge in [-0.05, 0) is 48.7 Å². The fourth-order valence-corrected chi connectivity index (χ4v) is 3.68. The first-order valence-electron chi connectivity index (χ1n) is 9.04. The highest BCUT2D eigenvalue weighted by Crippen LogP contribution is 2.29. The van der Waals surface area contributed by atoms with Crippen LogP contribution in [0, 0.1) is 23.4 Å². The zero-order valence-electron chi connectivity index (χ0n) is 15.3. The minimum absolute atomic E-state index is 0. The van der Waals surface area contributed by atoms with E-state index in [0.717, 1.165) is 17.7 Å². The Bertz CT molecular complexity index is 970. The Morgan fingerprint density at radius 1 is 1.14 bits per heavy atom. The van der Waals surface area contributed by atoms with E-state index < -0.39 is 35.2 Å². The number of benzene rings is 2. The van der Waals surface area contributed by atoms with Crippen LogP contribution in [0.1, 0.15) is 17.5 Å². The highest BCUT2D eigenvalue weighted by atomic mass is 35.5. The summed E-state index contributed by atoms with van der Waals surface area (Å²) >= 11 is 0. The molecule has 2 aromatic carbocycles. The molecule has 0 radical (unpaired) electrons. The second-order valence-electron chi connectivity index (χ2n) is 6.91. The van der Waals surface area contributed by atoms with Crippen molar-refractivity contribution in [3.05, 3.63) is 58.9 Å². The molecule has 2 aliphatic heterocycles. The van der Waals surface area contributed by atoms with Gasteiger partial charge in [-0.3, -0.25) is 9.59 Å². The quantitative estimate of drug-likeness (QED) is 0.743. The van der Waals surface area contributed by atoms with Gasteiger partial charge in [0, 0.05) is 24.8 Å². The molecule has 5 nitrogen and oxygen atoms in total. The van der Waals surface area contributed by atoms with Gasteiger partial charge in [0.25, 0.3) is 0 Å². The van der Waals surface area contributed by atoms with Crippen LogP contribution < -0.4 is 15.5 Å². The van der Waals surface area contributed by atoms with Gasteiger partial charge in [0.2, 0.25) is 11.8 Å². The second-order valence-corrected chi connectivity index (χ2v) is 6.91. The van der Waals surface area contributed by atoms with Crippen molar-refractivity contribution in [1.82, 2.24) is 5.32 Å². The van der Waals surface area contributed by atoms with Crippen molar-refractivity contribution in [3.8, 4) is 0 Å². The van der Waals surface area contributed by atoms with Crippen molar-refractivity contribution in [3.63, 3.8) is 0 Å². The lowest BCUT2D eigenvalue weighted by Gasteiger charge is -2.20. The van der Waals surface area contributed by atoms with Gasteiger partial charge in [-0.25, -0.2) is 13.2 Å². The first-order valence-corrected chi connectivity index (χ1v) is 9.04. The molecular weight excluding hydrogens is 407 g/mol. The van der Waals surface area contributed by atoms with Crippen molar-refractivity contribution in [2.45, 2.75) is 19.4 Å². The first kappa shape index (κ1) is 21.1. The Labute approximate surface area is 171 Å². The summed E-state index contributed by atoms with van der Waals surface area (Å²) in [7, 11) is 0. The van der Waals surface area contributed by atoms with Gasteiger partial charge in [0.1, 0.15) is 11.7 Å². The Morgan fingerprint density at radius 2 is 1.93 bits per heavy atom. The Balaban J connectivity index is 0.00000240. The molecule has 4 rings (SSSR count). The van der Waals surface area contributed by atoms with E-state index >= 15 is 0 Å².